The Morgan fingerprint density at radius 2 is 1.95 bits per heavy atom. The Morgan fingerprint density at radius 3 is 2.71 bits per heavy atom. The molecule has 5 heteroatoms. The van der Waals surface area contributed by atoms with E-state index in [0.29, 0.717) is 29.4 Å². The monoisotopic (exact) mass is 283 g/mol. The molecule has 0 aliphatic rings. The highest BCUT2D eigenvalue weighted by Gasteiger charge is 2.10. The number of halogens is 1. The fraction of sp³-hybridized carbons (Fsp3) is 0.125. The van der Waals surface area contributed by atoms with Crippen LogP contribution in [0.1, 0.15) is 11.5 Å². The summed E-state index contributed by atoms with van der Waals surface area (Å²) in [5.41, 5.74) is 2.17. The highest BCUT2D eigenvalue weighted by Crippen LogP contribution is 2.19. The minimum atomic E-state index is -0.277. The van der Waals surface area contributed by atoms with E-state index in [1.807, 2.05) is 30.3 Å². The molecule has 0 saturated heterocycles. The number of hydrogen-bond donors (Lipinski definition) is 1. The van der Waals surface area contributed by atoms with Crippen molar-refractivity contribution >= 4 is 5.69 Å². The molecule has 1 aromatic heterocycles. The molecule has 21 heavy (non-hydrogen) atoms. The molecule has 0 aliphatic carbocycles. The maximum absolute atomic E-state index is 13.5. The molecule has 0 atom stereocenters. The molecule has 0 bridgehead atoms. The second-order valence-electron chi connectivity index (χ2n) is 4.70. The molecule has 0 radical (unpaired) electrons. The van der Waals surface area contributed by atoms with Crippen molar-refractivity contribution in [3.63, 3.8) is 0 Å². The SMILES string of the molecule is Cc1ccc(-c2noc(CNc3ccccc3)n2)cc1F. The molecule has 0 fully saturated rings. The summed E-state index contributed by atoms with van der Waals surface area (Å²) < 4.78 is 18.7. The molecule has 0 saturated carbocycles. The van der Waals surface area contributed by atoms with Gasteiger partial charge in [-0.3, -0.25) is 0 Å². The second kappa shape index (κ2) is 5.75. The number of aryl methyl sites for hydroxylation is 1. The number of hydrogen-bond acceptors (Lipinski definition) is 4. The van der Waals surface area contributed by atoms with Crippen molar-refractivity contribution in [2.45, 2.75) is 13.5 Å². The van der Waals surface area contributed by atoms with E-state index in [4.69, 9.17) is 4.52 Å². The van der Waals surface area contributed by atoms with Crippen molar-refractivity contribution in [1.29, 1.82) is 0 Å². The Kier molecular flexibility index (Phi) is 3.64. The zero-order valence-electron chi connectivity index (χ0n) is 11.5. The van der Waals surface area contributed by atoms with Crippen molar-refractivity contribution in [1.82, 2.24) is 10.1 Å². The van der Waals surface area contributed by atoms with Gasteiger partial charge in [-0.1, -0.05) is 35.5 Å². The number of rotatable bonds is 4. The number of benzene rings is 2. The van der Waals surface area contributed by atoms with E-state index < -0.39 is 0 Å². The smallest absolute Gasteiger partial charge is 0.246 e. The second-order valence-corrected chi connectivity index (χ2v) is 4.70. The molecular weight excluding hydrogens is 269 g/mol. The fourth-order valence-electron chi connectivity index (χ4n) is 1.91. The van der Waals surface area contributed by atoms with Gasteiger partial charge < -0.3 is 9.84 Å². The van der Waals surface area contributed by atoms with Crippen molar-refractivity contribution in [2.75, 3.05) is 5.32 Å². The number of nitrogens with one attached hydrogen (secondary N) is 1. The van der Waals surface area contributed by atoms with Crippen LogP contribution in [0, 0.1) is 12.7 Å². The zero-order chi connectivity index (χ0) is 14.7. The van der Waals surface area contributed by atoms with E-state index in [0.717, 1.165) is 5.69 Å². The lowest BCUT2D eigenvalue weighted by molar-refractivity contribution is 0.384. The van der Waals surface area contributed by atoms with E-state index in [-0.39, 0.29) is 5.82 Å². The fourth-order valence-corrected chi connectivity index (χ4v) is 1.91. The van der Waals surface area contributed by atoms with E-state index in [1.165, 1.54) is 6.07 Å². The third-order valence-electron chi connectivity index (χ3n) is 3.12. The lowest BCUT2D eigenvalue weighted by Crippen LogP contribution is -1.99. The van der Waals surface area contributed by atoms with Gasteiger partial charge in [-0.05, 0) is 30.7 Å². The van der Waals surface area contributed by atoms with Gasteiger partial charge in [-0.2, -0.15) is 4.98 Å². The average molecular weight is 283 g/mol. The lowest BCUT2D eigenvalue weighted by Gasteiger charge is -2.01. The first-order valence-corrected chi connectivity index (χ1v) is 6.60. The Bertz CT molecular complexity index is 740. The molecule has 0 amide bonds. The molecular formula is C16H14FN3O. The molecule has 3 rings (SSSR count). The predicted molar refractivity (Wildman–Crippen MR) is 78.2 cm³/mol. The van der Waals surface area contributed by atoms with Crippen LogP contribution in [0.4, 0.5) is 10.1 Å². The quantitative estimate of drug-likeness (QED) is 0.791. The zero-order valence-corrected chi connectivity index (χ0v) is 11.5. The Balaban J connectivity index is 1.72. The van der Waals surface area contributed by atoms with Crippen molar-refractivity contribution in [3.8, 4) is 11.4 Å². The van der Waals surface area contributed by atoms with Crippen molar-refractivity contribution in [3.05, 3.63) is 65.8 Å². The van der Waals surface area contributed by atoms with Crippen LogP contribution in [0.2, 0.25) is 0 Å². The highest BCUT2D eigenvalue weighted by molar-refractivity contribution is 5.55. The maximum Gasteiger partial charge on any atom is 0.246 e. The first kappa shape index (κ1) is 13.3. The molecule has 1 N–H and O–H groups in total. The van der Waals surface area contributed by atoms with Crippen LogP contribution in [-0.2, 0) is 6.54 Å². The normalized spacial score (nSPS) is 10.6. The summed E-state index contributed by atoms with van der Waals surface area (Å²) in [6.07, 6.45) is 0. The molecule has 0 aliphatic heterocycles. The van der Waals surface area contributed by atoms with Crippen LogP contribution >= 0.6 is 0 Å². The minimum Gasteiger partial charge on any atom is -0.376 e. The van der Waals surface area contributed by atoms with Crippen molar-refractivity contribution in [2.24, 2.45) is 0 Å². The first-order chi connectivity index (χ1) is 10.2. The van der Waals surface area contributed by atoms with E-state index >= 15 is 0 Å². The van der Waals surface area contributed by atoms with Crippen LogP contribution in [0.25, 0.3) is 11.4 Å². The Hall–Kier alpha value is -2.69. The third-order valence-corrected chi connectivity index (χ3v) is 3.12. The van der Waals surface area contributed by atoms with Crippen LogP contribution < -0.4 is 5.32 Å². The van der Waals surface area contributed by atoms with Crippen molar-refractivity contribution < 1.29 is 8.91 Å². The van der Waals surface area contributed by atoms with Gasteiger partial charge in [0.1, 0.15) is 5.82 Å². The lowest BCUT2D eigenvalue weighted by atomic mass is 10.1. The van der Waals surface area contributed by atoms with E-state index in [2.05, 4.69) is 15.5 Å². The van der Waals surface area contributed by atoms with Gasteiger partial charge in [-0.25, -0.2) is 4.39 Å². The molecule has 4 nitrogen and oxygen atoms in total. The maximum atomic E-state index is 13.5. The average Bonchev–Trinajstić information content (AvgIpc) is 2.98. The summed E-state index contributed by atoms with van der Waals surface area (Å²) in [5.74, 6) is 0.565. The van der Waals surface area contributed by atoms with E-state index in [1.54, 1.807) is 19.1 Å². The minimum absolute atomic E-state index is 0.277. The molecule has 3 aromatic rings. The van der Waals surface area contributed by atoms with Gasteiger partial charge in [0.2, 0.25) is 11.7 Å². The molecule has 0 unspecified atom stereocenters. The van der Waals surface area contributed by atoms with Gasteiger partial charge in [0, 0.05) is 11.3 Å². The summed E-state index contributed by atoms with van der Waals surface area (Å²) in [7, 11) is 0. The molecule has 0 spiro atoms. The van der Waals surface area contributed by atoms with Gasteiger partial charge in [0.15, 0.2) is 0 Å². The van der Waals surface area contributed by atoms with Crippen LogP contribution in [0.3, 0.4) is 0 Å². The predicted octanol–water partition coefficient (Wildman–Crippen LogP) is 3.80. The molecule has 106 valence electrons. The van der Waals surface area contributed by atoms with Gasteiger partial charge in [0.05, 0.1) is 6.54 Å². The molecule has 2 aromatic carbocycles. The van der Waals surface area contributed by atoms with E-state index in [9.17, 15) is 4.39 Å². The first-order valence-electron chi connectivity index (χ1n) is 6.60. The van der Waals surface area contributed by atoms with Gasteiger partial charge in [0.25, 0.3) is 0 Å². The third kappa shape index (κ3) is 3.08. The topological polar surface area (TPSA) is 51.0 Å². The summed E-state index contributed by atoms with van der Waals surface area (Å²) in [4.78, 5) is 4.26. The standard InChI is InChI=1S/C16H14FN3O/c1-11-7-8-12(9-14(11)17)16-19-15(21-20-16)10-18-13-5-3-2-4-6-13/h2-9,18H,10H2,1H3. The summed E-state index contributed by atoms with van der Waals surface area (Å²) in [6, 6.07) is 14.6. The van der Waals surface area contributed by atoms with Crippen LogP contribution in [0.5, 0.6) is 0 Å². The number of anilines is 1. The summed E-state index contributed by atoms with van der Waals surface area (Å²) >= 11 is 0. The largest absolute Gasteiger partial charge is 0.376 e. The summed E-state index contributed by atoms with van der Waals surface area (Å²) in [6.45, 7) is 2.13. The Morgan fingerprint density at radius 1 is 1.14 bits per heavy atom. The van der Waals surface area contributed by atoms with Crippen LogP contribution in [-0.4, -0.2) is 10.1 Å². The number of nitrogens with zero attached hydrogens (tertiary/aromatic N) is 2. The molecule has 1 heterocycles. The number of para-hydroxylation sites is 1. The highest BCUT2D eigenvalue weighted by atomic mass is 19.1. The Labute approximate surface area is 121 Å². The summed E-state index contributed by atoms with van der Waals surface area (Å²) in [5, 5.41) is 7.05. The number of aromatic nitrogens is 2. The van der Waals surface area contributed by atoms with Gasteiger partial charge >= 0.3 is 0 Å². The van der Waals surface area contributed by atoms with Crippen LogP contribution in [0.15, 0.2) is 53.1 Å². The van der Waals surface area contributed by atoms with Gasteiger partial charge in [-0.15, -0.1) is 0 Å².